The molecule has 0 radical (unpaired) electrons. The number of rotatable bonds is 6. The van der Waals surface area contributed by atoms with Crippen LogP contribution in [0.4, 0.5) is 13.2 Å². The highest BCUT2D eigenvalue weighted by Gasteiger charge is 2.29. The van der Waals surface area contributed by atoms with Crippen molar-refractivity contribution >= 4 is 0 Å². The Balaban J connectivity index is 1.79. The van der Waals surface area contributed by atoms with Gasteiger partial charge in [0.05, 0.1) is 18.3 Å². The Morgan fingerprint density at radius 1 is 1.11 bits per heavy atom. The smallest absolute Gasteiger partial charge is 0.266 e. The van der Waals surface area contributed by atoms with Crippen molar-refractivity contribution in [1.82, 2.24) is 0 Å². The minimum atomic E-state index is -2.87. The van der Waals surface area contributed by atoms with Crippen molar-refractivity contribution in [2.24, 2.45) is 0 Å². The van der Waals surface area contributed by atoms with Crippen molar-refractivity contribution in [3.8, 4) is 5.75 Å². The summed E-state index contributed by atoms with van der Waals surface area (Å²) < 4.78 is 53.4. The molecule has 0 aliphatic carbocycles. The third-order valence-corrected chi connectivity index (χ3v) is 5.19. The molecule has 0 saturated carbocycles. The van der Waals surface area contributed by atoms with E-state index in [0.29, 0.717) is 17.9 Å². The summed E-state index contributed by atoms with van der Waals surface area (Å²) in [6.07, 6.45) is -0.259. The molecule has 1 fully saturated rings. The molecule has 5 heteroatoms. The van der Waals surface area contributed by atoms with E-state index in [1.807, 2.05) is 26.0 Å². The number of halogens is 3. The van der Waals surface area contributed by atoms with Crippen LogP contribution >= 0.6 is 0 Å². The van der Waals surface area contributed by atoms with Gasteiger partial charge >= 0.3 is 0 Å². The molecule has 2 atom stereocenters. The lowest BCUT2D eigenvalue weighted by molar-refractivity contribution is 0.00118. The molecule has 1 saturated heterocycles. The number of hydrogen-bond acceptors (Lipinski definition) is 2. The lowest BCUT2D eigenvalue weighted by atomic mass is 9.87. The van der Waals surface area contributed by atoms with Crippen molar-refractivity contribution < 1.29 is 22.6 Å². The second kappa shape index (κ2) is 8.79. The van der Waals surface area contributed by atoms with Crippen LogP contribution in [0.2, 0.25) is 0 Å². The molecule has 146 valence electrons. The summed E-state index contributed by atoms with van der Waals surface area (Å²) in [5.41, 5.74) is 1.07. The van der Waals surface area contributed by atoms with Gasteiger partial charge in [-0.1, -0.05) is 36.8 Å². The standard InChI is InChI=1S/C22H25F3O2/c1-3-17-10-6-15(12-26-17)19-11-7-16(21(23)20(19)22(24)25)13-27-18-8-4-14(2)5-9-18/h4-5,7-9,11,15,17,22H,3,6,10,12-13H2,1-2H3. The van der Waals surface area contributed by atoms with Crippen molar-refractivity contribution in [3.63, 3.8) is 0 Å². The molecule has 0 N–H and O–H groups in total. The monoisotopic (exact) mass is 378 g/mol. The maximum atomic E-state index is 14.8. The molecule has 2 nitrogen and oxygen atoms in total. The first-order chi connectivity index (χ1) is 13.0. The fraction of sp³-hybridized carbons (Fsp3) is 0.455. The zero-order valence-electron chi connectivity index (χ0n) is 15.7. The number of alkyl halides is 2. The van der Waals surface area contributed by atoms with E-state index in [4.69, 9.17) is 9.47 Å². The van der Waals surface area contributed by atoms with Gasteiger partial charge in [-0.05, 0) is 43.9 Å². The molecule has 1 aliphatic rings. The van der Waals surface area contributed by atoms with E-state index in [1.54, 1.807) is 24.3 Å². The quantitative estimate of drug-likeness (QED) is 0.585. The zero-order valence-corrected chi connectivity index (χ0v) is 15.7. The summed E-state index contributed by atoms with van der Waals surface area (Å²) in [5.74, 6) is -0.487. The van der Waals surface area contributed by atoms with Gasteiger partial charge in [-0.15, -0.1) is 0 Å². The van der Waals surface area contributed by atoms with Crippen LogP contribution in [0.5, 0.6) is 5.75 Å². The van der Waals surface area contributed by atoms with Gasteiger partial charge in [0.25, 0.3) is 6.43 Å². The maximum Gasteiger partial charge on any atom is 0.266 e. The van der Waals surface area contributed by atoms with Gasteiger partial charge in [0.1, 0.15) is 18.2 Å². The van der Waals surface area contributed by atoms with Crippen LogP contribution < -0.4 is 4.74 Å². The van der Waals surface area contributed by atoms with E-state index < -0.39 is 17.8 Å². The normalized spacial score (nSPS) is 20.1. The summed E-state index contributed by atoms with van der Waals surface area (Å²) in [6, 6.07) is 10.5. The Morgan fingerprint density at radius 2 is 1.85 bits per heavy atom. The summed E-state index contributed by atoms with van der Waals surface area (Å²) in [6.45, 7) is 4.26. The minimum Gasteiger partial charge on any atom is -0.489 e. The van der Waals surface area contributed by atoms with E-state index in [0.717, 1.165) is 24.8 Å². The van der Waals surface area contributed by atoms with Crippen molar-refractivity contribution in [2.75, 3.05) is 6.61 Å². The predicted molar refractivity (Wildman–Crippen MR) is 98.9 cm³/mol. The zero-order chi connectivity index (χ0) is 19.4. The summed E-state index contributed by atoms with van der Waals surface area (Å²) in [5, 5.41) is 0. The number of hydrogen-bond donors (Lipinski definition) is 0. The Labute approximate surface area is 158 Å². The number of ether oxygens (including phenoxy) is 2. The van der Waals surface area contributed by atoms with Crippen molar-refractivity contribution in [3.05, 3.63) is 64.5 Å². The van der Waals surface area contributed by atoms with Crippen LogP contribution in [0.15, 0.2) is 36.4 Å². The Morgan fingerprint density at radius 3 is 2.44 bits per heavy atom. The van der Waals surface area contributed by atoms with Crippen LogP contribution in [0, 0.1) is 12.7 Å². The van der Waals surface area contributed by atoms with Crippen LogP contribution in [-0.2, 0) is 11.3 Å². The number of benzene rings is 2. The van der Waals surface area contributed by atoms with E-state index in [9.17, 15) is 13.2 Å². The molecule has 3 rings (SSSR count). The fourth-order valence-electron chi connectivity index (χ4n) is 3.51. The van der Waals surface area contributed by atoms with Gasteiger partial charge in [-0.25, -0.2) is 13.2 Å². The highest BCUT2D eigenvalue weighted by Crippen LogP contribution is 2.37. The average molecular weight is 378 g/mol. The molecular weight excluding hydrogens is 353 g/mol. The highest BCUT2D eigenvalue weighted by atomic mass is 19.3. The molecule has 0 amide bonds. The first-order valence-corrected chi connectivity index (χ1v) is 9.40. The van der Waals surface area contributed by atoms with Crippen LogP contribution in [0.25, 0.3) is 0 Å². The maximum absolute atomic E-state index is 14.8. The van der Waals surface area contributed by atoms with Crippen LogP contribution in [0.3, 0.4) is 0 Å². The molecule has 2 aromatic carbocycles. The van der Waals surface area contributed by atoms with E-state index in [2.05, 4.69) is 0 Å². The largest absolute Gasteiger partial charge is 0.489 e. The van der Waals surface area contributed by atoms with E-state index >= 15 is 0 Å². The Kier molecular flexibility index (Phi) is 6.42. The Bertz CT molecular complexity index is 751. The number of aryl methyl sites for hydroxylation is 1. The predicted octanol–water partition coefficient (Wildman–Crippen LogP) is 6.32. The Hall–Kier alpha value is -2.01. The highest BCUT2D eigenvalue weighted by molar-refractivity contribution is 5.38. The molecule has 27 heavy (non-hydrogen) atoms. The molecule has 2 unspecified atom stereocenters. The molecule has 0 spiro atoms. The van der Waals surface area contributed by atoms with Gasteiger partial charge in [0, 0.05) is 11.5 Å². The molecule has 1 aliphatic heterocycles. The summed E-state index contributed by atoms with van der Waals surface area (Å²) >= 11 is 0. The van der Waals surface area contributed by atoms with E-state index in [-0.39, 0.29) is 24.2 Å². The summed E-state index contributed by atoms with van der Waals surface area (Å²) in [4.78, 5) is 0. The summed E-state index contributed by atoms with van der Waals surface area (Å²) in [7, 11) is 0. The van der Waals surface area contributed by atoms with Gasteiger partial charge < -0.3 is 9.47 Å². The van der Waals surface area contributed by atoms with Gasteiger partial charge in [0.15, 0.2) is 0 Å². The molecule has 0 aromatic heterocycles. The third-order valence-electron chi connectivity index (χ3n) is 5.19. The lowest BCUT2D eigenvalue weighted by Crippen LogP contribution is -2.25. The second-order valence-corrected chi connectivity index (χ2v) is 7.08. The SMILES string of the molecule is CCC1CCC(c2ccc(COc3ccc(C)cc3)c(F)c2C(F)F)CO1. The minimum absolute atomic E-state index is 0.0893. The van der Waals surface area contributed by atoms with E-state index in [1.165, 1.54) is 0 Å². The first-order valence-electron chi connectivity index (χ1n) is 9.40. The van der Waals surface area contributed by atoms with Crippen molar-refractivity contribution in [2.45, 2.75) is 58.2 Å². The fourth-order valence-corrected chi connectivity index (χ4v) is 3.51. The van der Waals surface area contributed by atoms with Crippen molar-refractivity contribution in [1.29, 1.82) is 0 Å². The molecule has 0 bridgehead atoms. The van der Waals surface area contributed by atoms with Crippen LogP contribution in [-0.4, -0.2) is 12.7 Å². The van der Waals surface area contributed by atoms with Gasteiger partial charge in [0.2, 0.25) is 0 Å². The molecule has 1 heterocycles. The van der Waals surface area contributed by atoms with Gasteiger partial charge in [-0.3, -0.25) is 0 Å². The van der Waals surface area contributed by atoms with Gasteiger partial charge in [-0.2, -0.15) is 0 Å². The average Bonchev–Trinajstić information content (AvgIpc) is 2.68. The lowest BCUT2D eigenvalue weighted by Gasteiger charge is -2.30. The topological polar surface area (TPSA) is 18.5 Å². The first kappa shape index (κ1) is 19.7. The van der Waals surface area contributed by atoms with Crippen LogP contribution in [0.1, 0.15) is 60.8 Å². The molecule has 2 aromatic rings. The second-order valence-electron chi connectivity index (χ2n) is 7.08. The molecular formula is C22H25F3O2. The third kappa shape index (κ3) is 4.64.